The summed E-state index contributed by atoms with van der Waals surface area (Å²) in [4.78, 5) is 0. The van der Waals surface area contributed by atoms with E-state index in [9.17, 15) is 0 Å². The summed E-state index contributed by atoms with van der Waals surface area (Å²) in [5.74, 6) is 0. The molecule has 0 unspecified atom stereocenters. The first-order valence-corrected chi connectivity index (χ1v) is 4.61. The Labute approximate surface area is 114 Å². The first-order chi connectivity index (χ1) is 6.45. The minimum Gasteiger partial charge on any atom is -0.0619 e. The van der Waals surface area contributed by atoms with E-state index >= 15 is 0 Å². The predicted molar refractivity (Wildman–Crippen MR) is 54.7 cm³/mol. The molecule has 1 aliphatic rings. The fourth-order valence-corrected chi connectivity index (χ4v) is 2.08. The Kier molecular flexibility index (Phi) is 2.96. The van der Waals surface area contributed by atoms with Crippen molar-refractivity contribution in [3.05, 3.63) is 59.7 Å². The molecule has 0 saturated heterocycles. The zero-order chi connectivity index (χ0) is 8.67. The summed E-state index contributed by atoms with van der Waals surface area (Å²) in [6.07, 6.45) is 1.10. The van der Waals surface area contributed by atoms with Crippen LogP contribution in [0.15, 0.2) is 48.5 Å². The van der Waals surface area contributed by atoms with Crippen LogP contribution in [0.5, 0.6) is 0 Å². The van der Waals surface area contributed by atoms with E-state index in [1.807, 2.05) is 0 Å². The fourth-order valence-electron chi connectivity index (χ4n) is 2.08. The molecule has 0 saturated carbocycles. The average Bonchev–Trinajstić information content (AvgIpc) is 2.56. The second-order valence-corrected chi connectivity index (χ2v) is 3.49. The molecule has 2 aromatic carbocycles. The van der Waals surface area contributed by atoms with Gasteiger partial charge in [-0.15, -0.1) is 0 Å². The predicted octanol–water partition coefficient (Wildman–Crippen LogP) is 3.26. The molecule has 0 aromatic heterocycles. The number of hydrogen-bond acceptors (Lipinski definition) is 0. The van der Waals surface area contributed by atoms with Crippen LogP contribution in [0, 0.1) is 37.7 Å². The van der Waals surface area contributed by atoms with Crippen LogP contribution in [0.2, 0.25) is 0 Å². The van der Waals surface area contributed by atoms with Gasteiger partial charge in [0.1, 0.15) is 0 Å². The van der Waals surface area contributed by atoms with Crippen LogP contribution in [-0.2, 0) is 6.42 Å². The summed E-state index contributed by atoms with van der Waals surface area (Å²) in [5, 5.41) is 0. The summed E-state index contributed by atoms with van der Waals surface area (Å²) >= 11 is 0. The van der Waals surface area contributed by atoms with Crippen molar-refractivity contribution in [2.75, 3.05) is 0 Å². The molecule has 0 nitrogen and oxygen atoms in total. The minimum atomic E-state index is 0. The van der Waals surface area contributed by atoms with E-state index in [-0.39, 0.29) is 37.7 Å². The van der Waals surface area contributed by atoms with Crippen LogP contribution in [0.4, 0.5) is 0 Å². The molecule has 1 aliphatic carbocycles. The molecule has 70 valence electrons. The van der Waals surface area contributed by atoms with Gasteiger partial charge in [0, 0.05) is 37.7 Å². The van der Waals surface area contributed by atoms with Crippen molar-refractivity contribution in [2.45, 2.75) is 6.42 Å². The smallest absolute Gasteiger partial charge is 0 e. The van der Waals surface area contributed by atoms with Gasteiger partial charge in [0.25, 0.3) is 0 Å². The minimum absolute atomic E-state index is 0. The number of fused-ring (bicyclic) bond motifs is 3. The zero-order valence-corrected chi connectivity index (χ0v) is 8.39. The first kappa shape index (κ1) is 10.2. The van der Waals surface area contributed by atoms with Gasteiger partial charge in [-0.1, -0.05) is 48.5 Å². The van der Waals surface area contributed by atoms with Gasteiger partial charge in [-0.05, 0) is 28.7 Å². The van der Waals surface area contributed by atoms with Crippen LogP contribution in [0.1, 0.15) is 11.1 Å². The van der Waals surface area contributed by atoms with Crippen LogP contribution in [0.25, 0.3) is 11.1 Å². The molecule has 0 aliphatic heterocycles. The largest absolute Gasteiger partial charge is 0.0619 e. The van der Waals surface area contributed by atoms with Gasteiger partial charge in [-0.2, -0.15) is 0 Å². The standard InChI is InChI=1S/C13H10.Ar/c1-3-7-12-10(5-1)9-11-6-2-4-8-13(11)12;/h1-8H,9H2;. The van der Waals surface area contributed by atoms with Crippen LogP contribution in [-0.4, -0.2) is 0 Å². The normalized spacial score (nSPS) is 11.4. The van der Waals surface area contributed by atoms with Gasteiger partial charge in [-0.25, -0.2) is 0 Å². The number of hydrogen-bond donors (Lipinski definition) is 0. The van der Waals surface area contributed by atoms with Crippen molar-refractivity contribution in [2.24, 2.45) is 0 Å². The van der Waals surface area contributed by atoms with Gasteiger partial charge < -0.3 is 0 Å². The summed E-state index contributed by atoms with van der Waals surface area (Å²) in [5.41, 5.74) is 5.75. The molecule has 1 heteroatoms. The molecule has 0 amide bonds. The molecule has 0 radical (unpaired) electrons. The van der Waals surface area contributed by atoms with Gasteiger partial charge in [0.05, 0.1) is 0 Å². The Morgan fingerprint density at radius 3 is 1.57 bits per heavy atom. The average molecular weight is 206 g/mol. The molecule has 0 fully saturated rings. The summed E-state index contributed by atoms with van der Waals surface area (Å²) in [6.45, 7) is 0. The van der Waals surface area contributed by atoms with Gasteiger partial charge in [-0.3, -0.25) is 0 Å². The van der Waals surface area contributed by atoms with E-state index in [2.05, 4.69) is 48.5 Å². The topological polar surface area (TPSA) is 0 Å². The van der Waals surface area contributed by atoms with Crippen LogP contribution < -0.4 is 0 Å². The second kappa shape index (κ2) is 4.06. The number of rotatable bonds is 0. The van der Waals surface area contributed by atoms with Crippen molar-refractivity contribution in [1.82, 2.24) is 0 Å². The maximum absolute atomic E-state index is 2.22. The van der Waals surface area contributed by atoms with E-state index in [0.717, 1.165) is 6.42 Å². The molecule has 14 heavy (non-hydrogen) atoms. The maximum Gasteiger partial charge on any atom is 0 e. The Morgan fingerprint density at radius 1 is 0.643 bits per heavy atom. The van der Waals surface area contributed by atoms with E-state index in [4.69, 9.17) is 0 Å². The van der Waals surface area contributed by atoms with Crippen LogP contribution >= 0.6 is 0 Å². The molecular formula is C13H10Ar. The monoisotopic (exact) mass is 206 g/mol. The SMILES string of the molecule is [Ar].c1ccc2c(c1)Cc1ccccc1-2. The molecule has 0 heterocycles. The Balaban J connectivity index is 0.000000750. The molecule has 0 spiro atoms. The number of benzene rings is 2. The van der Waals surface area contributed by atoms with Crippen molar-refractivity contribution in [3.8, 4) is 11.1 Å². The van der Waals surface area contributed by atoms with Crippen molar-refractivity contribution >= 4 is 0 Å². The summed E-state index contributed by atoms with van der Waals surface area (Å²) in [7, 11) is 0. The van der Waals surface area contributed by atoms with E-state index in [1.54, 1.807) is 0 Å². The Morgan fingerprint density at radius 2 is 1.07 bits per heavy atom. The van der Waals surface area contributed by atoms with E-state index < -0.39 is 0 Å². The summed E-state index contributed by atoms with van der Waals surface area (Å²) in [6, 6.07) is 17.3. The maximum atomic E-state index is 2.22. The summed E-state index contributed by atoms with van der Waals surface area (Å²) < 4.78 is 0. The van der Waals surface area contributed by atoms with Gasteiger partial charge >= 0.3 is 0 Å². The Bertz CT molecular complexity index is 417. The third kappa shape index (κ3) is 1.52. The molecule has 0 atom stereocenters. The van der Waals surface area contributed by atoms with E-state index in [0.29, 0.717) is 0 Å². The fraction of sp³-hybridized carbons (Fsp3) is 0.0769. The molecule has 0 bridgehead atoms. The van der Waals surface area contributed by atoms with E-state index in [1.165, 1.54) is 22.3 Å². The Hall–Kier alpha value is -0.300. The third-order valence-corrected chi connectivity index (χ3v) is 2.71. The molecule has 2 aromatic rings. The van der Waals surface area contributed by atoms with Crippen molar-refractivity contribution in [1.29, 1.82) is 0 Å². The zero-order valence-electron chi connectivity index (χ0n) is 7.68. The molecule has 3 rings (SSSR count). The van der Waals surface area contributed by atoms with Crippen molar-refractivity contribution in [3.63, 3.8) is 0 Å². The van der Waals surface area contributed by atoms with Gasteiger partial charge in [0.2, 0.25) is 0 Å². The van der Waals surface area contributed by atoms with Gasteiger partial charge in [0.15, 0.2) is 0 Å². The van der Waals surface area contributed by atoms with Crippen molar-refractivity contribution < 1.29 is 37.7 Å². The van der Waals surface area contributed by atoms with Crippen LogP contribution in [0.3, 0.4) is 0 Å². The molecular weight excluding hydrogens is 196 g/mol. The third-order valence-electron chi connectivity index (χ3n) is 2.71. The quantitative estimate of drug-likeness (QED) is 0.529. The second-order valence-electron chi connectivity index (χ2n) is 3.49. The first-order valence-electron chi connectivity index (χ1n) is 4.61. The molecule has 0 N–H and O–H groups in total.